The Bertz CT molecular complexity index is 982. The summed E-state index contributed by atoms with van der Waals surface area (Å²) in [6, 6.07) is 15.0. The Morgan fingerprint density at radius 2 is 1.79 bits per heavy atom. The van der Waals surface area contributed by atoms with Crippen LogP contribution in [0.1, 0.15) is 43.1 Å². The molecule has 3 rings (SSSR count). The summed E-state index contributed by atoms with van der Waals surface area (Å²) >= 11 is 0. The third-order valence-corrected chi connectivity index (χ3v) is 6.50. The van der Waals surface area contributed by atoms with E-state index >= 15 is 0 Å². The molecule has 0 aliphatic carbocycles. The van der Waals surface area contributed by atoms with Crippen molar-refractivity contribution in [2.45, 2.75) is 39.3 Å². The Hall–Kier alpha value is -2.54. The van der Waals surface area contributed by atoms with Gasteiger partial charge in [-0.3, -0.25) is 4.31 Å². The summed E-state index contributed by atoms with van der Waals surface area (Å²) in [5.41, 5.74) is 1.85. The molecule has 1 aliphatic heterocycles. The van der Waals surface area contributed by atoms with Crippen LogP contribution in [-0.4, -0.2) is 39.3 Å². The topological polar surface area (TPSA) is 66.9 Å². The molecule has 29 heavy (non-hydrogen) atoms. The number of anilines is 2. The van der Waals surface area contributed by atoms with Gasteiger partial charge in [-0.25, -0.2) is 13.2 Å². The van der Waals surface area contributed by atoms with E-state index in [2.05, 4.69) is 0 Å². The lowest BCUT2D eigenvalue weighted by Gasteiger charge is -2.29. The van der Waals surface area contributed by atoms with Crippen molar-refractivity contribution in [3.63, 3.8) is 0 Å². The van der Waals surface area contributed by atoms with Gasteiger partial charge in [0.15, 0.2) is 0 Å². The lowest BCUT2D eigenvalue weighted by atomic mass is 10.1. The SMILES string of the molecule is CN(Cc1ccccc1)c1c(C(=O)OC(C)(C)C)cccc1N1CCCS1(=O)=O. The lowest BCUT2D eigenvalue weighted by Crippen LogP contribution is -2.30. The molecule has 2 aromatic carbocycles. The number of hydrogen-bond acceptors (Lipinski definition) is 5. The summed E-state index contributed by atoms with van der Waals surface area (Å²) in [5.74, 6) is -0.350. The van der Waals surface area contributed by atoms with Gasteiger partial charge in [-0.05, 0) is 44.9 Å². The Labute approximate surface area is 173 Å². The van der Waals surface area contributed by atoms with E-state index in [9.17, 15) is 13.2 Å². The number of ether oxygens (including phenoxy) is 1. The molecule has 0 radical (unpaired) electrons. The zero-order chi connectivity index (χ0) is 21.2. The van der Waals surface area contributed by atoms with Gasteiger partial charge in [-0.1, -0.05) is 36.4 Å². The molecule has 6 nitrogen and oxygen atoms in total. The number of benzene rings is 2. The fourth-order valence-electron chi connectivity index (χ4n) is 3.48. The molecule has 0 amide bonds. The van der Waals surface area contributed by atoms with Gasteiger partial charge < -0.3 is 9.64 Å². The highest BCUT2D eigenvalue weighted by Crippen LogP contribution is 2.37. The number of esters is 1. The molecule has 156 valence electrons. The van der Waals surface area contributed by atoms with Gasteiger partial charge in [-0.2, -0.15) is 0 Å². The second-order valence-corrected chi connectivity index (χ2v) is 10.3. The molecule has 1 heterocycles. The molecule has 0 saturated carbocycles. The van der Waals surface area contributed by atoms with E-state index in [-0.39, 0.29) is 5.75 Å². The van der Waals surface area contributed by atoms with Crippen LogP contribution >= 0.6 is 0 Å². The van der Waals surface area contributed by atoms with E-state index < -0.39 is 21.6 Å². The number of carbonyl (C=O) groups excluding carboxylic acids is 1. The molecule has 1 aliphatic rings. The summed E-state index contributed by atoms with van der Waals surface area (Å²) in [6.07, 6.45) is 0.570. The van der Waals surface area contributed by atoms with Crippen LogP contribution in [0.2, 0.25) is 0 Å². The smallest absolute Gasteiger partial charge is 0.340 e. The van der Waals surface area contributed by atoms with Gasteiger partial charge in [0, 0.05) is 20.1 Å². The van der Waals surface area contributed by atoms with E-state index in [1.807, 2.05) is 63.1 Å². The monoisotopic (exact) mass is 416 g/mol. The third kappa shape index (κ3) is 4.90. The average molecular weight is 417 g/mol. The minimum absolute atomic E-state index is 0.117. The normalized spacial score (nSPS) is 15.9. The molecule has 0 spiro atoms. The van der Waals surface area contributed by atoms with Crippen LogP contribution in [0.15, 0.2) is 48.5 Å². The highest BCUT2D eigenvalue weighted by Gasteiger charge is 2.33. The molecular formula is C22H28N2O4S. The maximum Gasteiger partial charge on any atom is 0.340 e. The predicted molar refractivity (Wildman–Crippen MR) is 116 cm³/mol. The van der Waals surface area contributed by atoms with Crippen LogP contribution in [0.5, 0.6) is 0 Å². The van der Waals surface area contributed by atoms with Crippen LogP contribution in [0.3, 0.4) is 0 Å². The van der Waals surface area contributed by atoms with E-state index in [0.29, 0.717) is 36.4 Å². The van der Waals surface area contributed by atoms with Gasteiger partial charge in [0.25, 0.3) is 0 Å². The fraction of sp³-hybridized carbons (Fsp3) is 0.409. The van der Waals surface area contributed by atoms with Crippen molar-refractivity contribution in [2.75, 3.05) is 28.6 Å². The number of sulfonamides is 1. The second kappa shape index (κ2) is 8.06. The van der Waals surface area contributed by atoms with Crippen molar-refractivity contribution in [3.05, 3.63) is 59.7 Å². The quantitative estimate of drug-likeness (QED) is 0.693. The minimum atomic E-state index is -3.39. The molecule has 7 heteroatoms. The van der Waals surface area contributed by atoms with Crippen molar-refractivity contribution in [3.8, 4) is 0 Å². The average Bonchev–Trinajstić information content (AvgIpc) is 2.99. The lowest BCUT2D eigenvalue weighted by molar-refractivity contribution is 0.00703. The molecule has 1 saturated heterocycles. The number of hydrogen-bond donors (Lipinski definition) is 0. The van der Waals surface area contributed by atoms with E-state index in [1.165, 1.54) is 4.31 Å². The number of rotatable bonds is 5. The molecule has 2 aromatic rings. The zero-order valence-electron chi connectivity index (χ0n) is 17.4. The standard InChI is InChI=1S/C22H28N2O4S/c1-22(2,3)28-21(25)18-12-8-13-19(24-14-9-15-29(24,26)27)20(18)23(4)16-17-10-6-5-7-11-17/h5-8,10-13H,9,14-16H2,1-4H3. The van der Waals surface area contributed by atoms with Crippen LogP contribution < -0.4 is 9.21 Å². The Morgan fingerprint density at radius 1 is 1.10 bits per heavy atom. The molecular weight excluding hydrogens is 388 g/mol. The molecule has 0 bridgehead atoms. The van der Waals surface area contributed by atoms with Crippen LogP contribution in [-0.2, 0) is 21.3 Å². The summed E-state index contributed by atoms with van der Waals surface area (Å²) in [7, 11) is -1.53. The third-order valence-electron chi connectivity index (χ3n) is 4.65. The maximum absolute atomic E-state index is 12.9. The van der Waals surface area contributed by atoms with E-state index in [4.69, 9.17) is 4.74 Å². The number of nitrogens with zero attached hydrogens (tertiary/aromatic N) is 2. The first-order valence-electron chi connectivity index (χ1n) is 9.70. The summed E-state index contributed by atoms with van der Waals surface area (Å²) < 4.78 is 32.2. The van der Waals surface area contributed by atoms with Crippen LogP contribution in [0.25, 0.3) is 0 Å². The van der Waals surface area contributed by atoms with E-state index in [1.54, 1.807) is 18.2 Å². The van der Waals surface area contributed by atoms with Crippen molar-refractivity contribution in [2.24, 2.45) is 0 Å². The fourth-order valence-corrected chi connectivity index (χ4v) is 5.05. The van der Waals surface area contributed by atoms with Crippen molar-refractivity contribution < 1.29 is 17.9 Å². The van der Waals surface area contributed by atoms with Crippen molar-refractivity contribution in [1.29, 1.82) is 0 Å². The molecule has 0 unspecified atom stereocenters. The first kappa shape index (κ1) is 21.2. The Kier molecular flexibility index (Phi) is 5.89. The molecule has 0 N–H and O–H groups in total. The Balaban J connectivity index is 2.09. The first-order valence-corrected chi connectivity index (χ1v) is 11.3. The summed E-state index contributed by atoms with van der Waals surface area (Å²) in [6.45, 7) is 6.38. The highest BCUT2D eigenvalue weighted by atomic mass is 32.2. The van der Waals surface area contributed by atoms with Crippen molar-refractivity contribution >= 4 is 27.4 Å². The number of carbonyl (C=O) groups is 1. The number of para-hydroxylation sites is 1. The van der Waals surface area contributed by atoms with E-state index in [0.717, 1.165) is 5.56 Å². The largest absolute Gasteiger partial charge is 0.456 e. The van der Waals surface area contributed by atoms with Crippen molar-refractivity contribution in [1.82, 2.24) is 0 Å². The van der Waals surface area contributed by atoms with Crippen LogP contribution in [0, 0.1) is 0 Å². The van der Waals surface area contributed by atoms with Gasteiger partial charge in [0.1, 0.15) is 5.60 Å². The van der Waals surface area contributed by atoms with Gasteiger partial charge in [0.2, 0.25) is 10.0 Å². The highest BCUT2D eigenvalue weighted by molar-refractivity contribution is 7.93. The predicted octanol–water partition coefficient (Wildman–Crippen LogP) is 3.82. The second-order valence-electron chi connectivity index (χ2n) is 8.26. The van der Waals surface area contributed by atoms with Gasteiger partial charge in [-0.15, -0.1) is 0 Å². The maximum atomic E-state index is 12.9. The van der Waals surface area contributed by atoms with Gasteiger partial charge >= 0.3 is 5.97 Å². The Morgan fingerprint density at radius 3 is 2.38 bits per heavy atom. The summed E-state index contributed by atoms with van der Waals surface area (Å²) in [4.78, 5) is 14.9. The first-order chi connectivity index (χ1) is 13.6. The molecule has 0 atom stereocenters. The van der Waals surface area contributed by atoms with Crippen LogP contribution in [0.4, 0.5) is 11.4 Å². The zero-order valence-corrected chi connectivity index (χ0v) is 18.2. The molecule has 1 fully saturated rings. The van der Waals surface area contributed by atoms with Gasteiger partial charge in [0.05, 0.1) is 22.7 Å². The molecule has 0 aromatic heterocycles. The summed E-state index contributed by atoms with van der Waals surface area (Å²) in [5, 5.41) is 0. The minimum Gasteiger partial charge on any atom is -0.456 e.